The summed E-state index contributed by atoms with van der Waals surface area (Å²) < 4.78 is 0. The normalized spacial score (nSPS) is 14.2. The van der Waals surface area contributed by atoms with E-state index in [4.69, 9.17) is 5.73 Å². The van der Waals surface area contributed by atoms with Crippen LogP contribution >= 0.6 is 11.8 Å². The molecule has 3 N–H and O–H groups in total. The topological polar surface area (TPSA) is 50.4 Å². The van der Waals surface area contributed by atoms with E-state index >= 15 is 0 Å². The largest absolute Gasteiger partial charge is 0.370 e. The maximum atomic E-state index is 5.95. The molecule has 116 valence electrons. The van der Waals surface area contributed by atoms with Crippen molar-refractivity contribution >= 4 is 23.4 Å². The van der Waals surface area contributed by atoms with Crippen LogP contribution in [-0.4, -0.2) is 24.5 Å². The summed E-state index contributed by atoms with van der Waals surface area (Å²) in [6, 6.07) is 6.53. The Morgan fingerprint density at radius 2 is 2.00 bits per heavy atom. The molecule has 0 bridgehead atoms. The van der Waals surface area contributed by atoms with Crippen LogP contribution in [0.1, 0.15) is 43.2 Å². The second-order valence-corrected chi connectivity index (χ2v) is 6.62. The highest BCUT2D eigenvalue weighted by atomic mass is 32.2. The molecule has 1 aliphatic rings. The summed E-state index contributed by atoms with van der Waals surface area (Å²) in [6.07, 6.45) is 10.8. The molecule has 0 aromatic heterocycles. The molecule has 0 saturated heterocycles. The smallest absolute Gasteiger partial charge is 0.193 e. The first kappa shape index (κ1) is 16.2. The molecule has 0 atom stereocenters. The van der Waals surface area contributed by atoms with Crippen molar-refractivity contribution in [3.63, 3.8) is 0 Å². The van der Waals surface area contributed by atoms with Crippen LogP contribution in [-0.2, 0) is 12.8 Å². The van der Waals surface area contributed by atoms with Crippen LogP contribution in [0.15, 0.2) is 23.2 Å². The fourth-order valence-corrected chi connectivity index (χ4v) is 3.24. The molecule has 1 aromatic carbocycles. The zero-order chi connectivity index (χ0) is 14.9. The predicted molar refractivity (Wildman–Crippen MR) is 95.4 cm³/mol. The molecule has 21 heavy (non-hydrogen) atoms. The van der Waals surface area contributed by atoms with Gasteiger partial charge in [-0.25, -0.2) is 0 Å². The minimum Gasteiger partial charge on any atom is -0.370 e. The van der Waals surface area contributed by atoms with Crippen molar-refractivity contribution in [3.05, 3.63) is 29.3 Å². The van der Waals surface area contributed by atoms with Gasteiger partial charge in [0.15, 0.2) is 5.96 Å². The van der Waals surface area contributed by atoms with Gasteiger partial charge in [0.1, 0.15) is 0 Å². The molecule has 0 amide bonds. The zero-order valence-electron chi connectivity index (χ0n) is 13.0. The Kier molecular flexibility index (Phi) is 6.93. The fourth-order valence-electron chi connectivity index (χ4n) is 2.75. The van der Waals surface area contributed by atoms with Gasteiger partial charge in [0, 0.05) is 12.2 Å². The highest BCUT2D eigenvalue weighted by Gasteiger charge is 2.10. The molecular weight excluding hydrogens is 278 g/mol. The second-order valence-electron chi connectivity index (χ2n) is 5.64. The maximum absolute atomic E-state index is 5.95. The fraction of sp³-hybridized carbons (Fsp3) is 0.588. The number of hydrogen-bond acceptors (Lipinski definition) is 2. The number of anilines is 1. The minimum absolute atomic E-state index is 0.539. The molecular formula is C17H27N3S. The van der Waals surface area contributed by atoms with Gasteiger partial charge in [0.25, 0.3) is 0 Å². The van der Waals surface area contributed by atoms with Gasteiger partial charge in [0.2, 0.25) is 0 Å². The first-order valence-electron chi connectivity index (χ1n) is 7.97. The van der Waals surface area contributed by atoms with Gasteiger partial charge < -0.3 is 11.1 Å². The van der Waals surface area contributed by atoms with E-state index in [9.17, 15) is 0 Å². The molecule has 0 fully saturated rings. The third-order valence-electron chi connectivity index (χ3n) is 3.91. The third kappa shape index (κ3) is 5.62. The zero-order valence-corrected chi connectivity index (χ0v) is 13.8. The summed E-state index contributed by atoms with van der Waals surface area (Å²) >= 11 is 1.92. The highest BCUT2D eigenvalue weighted by molar-refractivity contribution is 7.98. The SMILES string of the molecule is CSCCCCCCN=C(N)Nc1ccc2c(c1)CCC2. The van der Waals surface area contributed by atoms with Crippen molar-refractivity contribution < 1.29 is 0 Å². The Morgan fingerprint density at radius 3 is 2.86 bits per heavy atom. The predicted octanol–water partition coefficient (Wildman–Crippen LogP) is 3.83. The van der Waals surface area contributed by atoms with Crippen molar-refractivity contribution in [2.75, 3.05) is 23.9 Å². The van der Waals surface area contributed by atoms with Crippen LogP contribution in [0.4, 0.5) is 5.69 Å². The Bertz CT molecular complexity index is 471. The molecule has 2 rings (SSSR count). The van der Waals surface area contributed by atoms with Crippen molar-refractivity contribution in [2.24, 2.45) is 10.7 Å². The molecule has 0 heterocycles. The number of nitrogens with zero attached hydrogens (tertiary/aromatic N) is 1. The summed E-state index contributed by atoms with van der Waals surface area (Å²) in [7, 11) is 0. The molecule has 0 saturated carbocycles. The number of aryl methyl sites for hydroxylation is 2. The number of nitrogens with one attached hydrogen (secondary N) is 1. The van der Waals surface area contributed by atoms with Crippen molar-refractivity contribution in [1.29, 1.82) is 0 Å². The van der Waals surface area contributed by atoms with Gasteiger partial charge in [-0.15, -0.1) is 0 Å². The quantitative estimate of drug-likeness (QED) is 0.436. The average molecular weight is 305 g/mol. The van der Waals surface area contributed by atoms with Crippen molar-refractivity contribution in [2.45, 2.75) is 44.9 Å². The monoisotopic (exact) mass is 305 g/mol. The van der Waals surface area contributed by atoms with Crippen LogP contribution in [0.25, 0.3) is 0 Å². The van der Waals surface area contributed by atoms with Gasteiger partial charge in [-0.3, -0.25) is 4.99 Å². The van der Waals surface area contributed by atoms with E-state index in [-0.39, 0.29) is 0 Å². The lowest BCUT2D eigenvalue weighted by Crippen LogP contribution is -2.22. The summed E-state index contributed by atoms with van der Waals surface area (Å²) in [6.45, 7) is 0.822. The minimum atomic E-state index is 0.539. The van der Waals surface area contributed by atoms with Crippen molar-refractivity contribution in [1.82, 2.24) is 0 Å². The number of thioether (sulfide) groups is 1. The lowest BCUT2D eigenvalue weighted by Gasteiger charge is -2.08. The number of unbranched alkanes of at least 4 members (excludes halogenated alkanes) is 3. The first-order chi connectivity index (χ1) is 10.3. The van der Waals surface area contributed by atoms with E-state index in [0.717, 1.165) is 18.7 Å². The van der Waals surface area contributed by atoms with Gasteiger partial charge in [-0.05, 0) is 67.4 Å². The number of aliphatic imine (C=N–C) groups is 1. The lowest BCUT2D eigenvalue weighted by molar-refractivity contribution is 0.678. The average Bonchev–Trinajstić information content (AvgIpc) is 2.94. The summed E-state index contributed by atoms with van der Waals surface area (Å²) in [5.41, 5.74) is 9.96. The lowest BCUT2D eigenvalue weighted by atomic mass is 10.1. The molecule has 4 heteroatoms. The number of guanidine groups is 1. The van der Waals surface area contributed by atoms with E-state index < -0.39 is 0 Å². The molecule has 0 unspecified atom stereocenters. The van der Waals surface area contributed by atoms with E-state index in [1.165, 1.54) is 55.4 Å². The number of hydrogen-bond donors (Lipinski definition) is 2. The van der Waals surface area contributed by atoms with Gasteiger partial charge in [-0.1, -0.05) is 18.9 Å². The summed E-state index contributed by atoms with van der Waals surface area (Å²) in [5, 5.41) is 3.21. The molecule has 1 aliphatic carbocycles. The van der Waals surface area contributed by atoms with Crippen LogP contribution in [0.2, 0.25) is 0 Å². The van der Waals surface area contributed by atoms with E-state index in [0.29, 0.717) is 5.96 Å². The standard InChI is InChI=1S/C17H27N3S/c1-21-12-5-3-2-4-11-19-17(18)20-16-10-9-14-7-6-8-15(14)13-16/h9-10,13H,2-8,11-12H2,1H3,(H3,18,19,20). The molecule has 0 radical (unpaired) electrons. The second kappa shape index (κ2) is 8.98. The molecule has 0 spiro atoms. The Labute approximate surface area is 132 Å². The molecule has 1 aromatic rings. The van der Waals surface area contributed by atoms with Crippen LogP contribution in [0.5, 0.6) is 0 Å². The van der Waals surface area contributed by atoms with Crippen LogP contribution in [0.3, 0.4) is 0 Å². The van der Waals surface area contributed by atoms with E-state index in [1.54, 1.807) is 0 Å². The van der Waals surface area contributed by atoms with E-state index in [2.05, 4.69) is 34.8 Å². The molecule has 0 aliphatic heterocycles. The third-order valence-corrected chi connectivity index (χ3v) is 4.61. The highest BCUT2D eigenvalue weighted by Crippen LogP contribution is 2.24. The number of fused-ring (bicyclic) bond motifs is 1. The van der Waals surface area contributed by atoms with Crippen LogP contribution < -0.4 is 11.1 Å². The van der Waals surface area contributed by atoms with Crippen LogP contribution in [0, 0.1) is 0 Å². The van der Waals surface area contributed by atoms with E-state index in [1.807, 2.05) is 11.8 Å². The summed E-state index contributed by atoms with van der Waals surface area (Å²) in [5.74, 6) is 1.81. The first-order valence-corrected chi connectivity index (χ1v) is 9.36. The summed E-state index contributed by atoms with van der Waals surface area (Å²) in [4.78, 5) is 4.41. The Balaban J connectivity index is 1.68. The maximum Gasteiger partial charge on any atom is 0.193 e. The Hall–Kier alpha value is -1.16. The number of rotatable bonds is 8. The van der Waals surface area contributed by atoms with Gasteiger partial charge in [0.05, 0.1) is 0 Å². The Morgan fingerprint density at radius 1 is 1.19 bits per heavy atom. The number of benzene rings is 1. The van der Waals surface area contributed by atoms with Gasteiger partial charge >= 0.3 is 0 Å². The number of nitrogens with two attached hydrogens (primary N) is 1. The molecule has 3 nitrogen and oxygen atoms in total. The van der Waals surface area contributed by atoms with Crippen molar-refractivity contribution in [3.8, 4) is 0 Å². The van der Waals surface area contributed by atoms with Gasteiger partial charge in [-0.2, -0.15) is 11.8 Å².